The lowest BCUT2D eigenvalue weighted by Crippen LogP contribution is -2.48. The van der Waals surface area contributed by atoms with Gasteiger partial charge in [-0.25, -0.2) is 0 Å². The molecule has 6 heteroatoms. The highest BCUT2D eigenvalue weighted by atomic mass is 35.5. The number of hydrogen-bond donors (Lipinski definition) is 1. The first-order chi connectivity index (χ1) is 19.7. The monoisotopic (exact) mass is 568 g/mol. The van der Waals surface area contributed by atoms with Gasteiger partial charge in [0, 0.05) is 40.8 Å². The van der Waals surface area contributed by atoms with Gasteiger partial charge in [0.15, 0.2) is 5.60 Å². The quantitative estimate of drug-likeness (QED) is 0.163. The first-order valence-corrected chi connectivity index (χ1v) is 14.3. The van der Waals surface area contributed by atoms with E-state index < -0.39 is 17.5 Å². The van der Waals surface area contributed by atoms with Crippen molar-refractivity contribution < 1.29 is 14.3 Å². The standard InChI is InChI=1S/C35H37ClN2O3/c1-25(37)26(2)38(3)34(40)28(23-27-15-7-4-8-16-27)24-33(39)41-35(29-17-9-5-10-18-29,30-19-11-6-12-20-30)31-21-13-14-22-32(31)36/h4-22,25-26,28H,23-24,37H2,1-3H3/t25?,26?,28-/m1/s1. The molecule has 0 saturated heterocycles. The first kappa shape index (κ1) is 30.0. The smallest absolute Gasteiger partial charge is 0.308 e. The summed E-state index contributed by atoms with van der Waals surface area (Å²) in [4.78, 5) is 29.5. The Hall–Kier alpha value is -3.93. The van der Waals surface area contributed by atoms with E-state index in [0.29, 0.717) is 17.0 Å². The third kappa shape index (κ3) is 6.87. The third-order valence-corrected chi connectivity index (χ3v) is 8.02. The minimum atomic E-state index is -1.33. The number of rotatable bonds is 11. The molecule has 2 unspecified atom stereocenters. The molecule has 4 aromatic carbocycles. The van der Waals surface area contributed by atoms with E-state index >= 15 is 0 Å². The predicted octanol–water partition coefficient (Wildman–Crippen LogP) is 6.62. The van der Waals surface area contributed by atoms with Crippen LogP contribution in [0.3, 0.4) is 0 Å². The second-order valence-electron chi connectivity index (χ2n) is 10.5. The maximum absolute atomic E-state index is 14.1. The van der Waals surface area contributed by atoms with Crippen molar-refractivity contribution in [1.82, 2.24) is 4.90 Å². The van der Waals surface area contributed by atoms with Crippen LogP contribution in [0.2, 0.25) is 5.02 Å². The Morgan fingerprint density at radius 2 is 1.29 bits per heavy atom. The summed E-state index contributed by atoms with van der Waals surface area (Å²) < 4.78 is 6.56. The van der Waals surface area contributed by atoms with E-state index in [2.05, 4.69) is 0 Å². The van der Waals surface area contributed by atoms with Gasteiger partial charge in [0.05, 0.1) is 12.3 Å². The Kier molecular flexibility index (Phi) is 9.98. The van der Waals surface area contributed by atoms with E-state index in [1.165, 1.54) is 0 Å². The van der Waals surface area contributed by atoms with Gasteiger partial charge in [-0.1, -0.05) is 121 Å². The van der Waals surface area contributed by atoms with Crippen molar-refractivity contribution in [3.8, 4) is 0 Å². The molecule has 3 atom stereocenters. The first-order valence-electron chi connectivity index (χ1n) is 13.9. The highest BCUT2D eigenvalue weighted by Gasteiger charge is 2.43. The number of hydrogen-bond acceptors (Lipinski definition) is 4. The number of likely N-dealkylation sites (N-methyl/N-ethyl adjacent to an activating group) is 1. The van der Waals surface area contributed by atoms with E-state index in [0.717, 1.165) is 16.7 Å². The molecule has 5 nitrogen and oxygen atoms in total. The van der Waals surface area contributed by atoms with E-state index in [1.54, 1.807) is 18.0 Å². The van der Waals surface area contributed by atoms with Crippen LogP contribution in [0.1, 0.15) is 42.5 Å². The maximum atomic E-state index is 14.1. The molecular weight excluding hydrogens is 532 g/mol. The van der Waals surface area contributed by atoms with Crippen molar-refractivity contribution >= 4 is 23.5 Å². The molecule has 0 fully saturated rings. The maximum Gasteiger partial charge on any atom is 0.308 e. The number of nitrogens with two attached hydrogens (primary N) is 1. The molecule has 0 aliphatic heterocycles. The average molecular weight is 569 g/mol. The summed E-state index contributed by atoms with van der Waals surface area (Å²) in [6.45, 7) is 3.78. The number of amides is 1. The Balaban J connectivity index is 1.77. The molecule has 0 aliphatic carbocycles. The molecule has 0 saturated carbocycles. The molecule has 0 spiro atoms. The number of carbonyl (C=O) groups is 2. The predicted molar refractivity (Wildman–Crippen MR) is 164 cm³/mol. The van der Waals surface area contributed by atoms with Crippen LogP contribution in [0, 0.1) is 5.92 Å². The van der Waals surface area contributed by atoms with Crippen LogP contribution in [0.5, 0.6) is 0 Å². The Morgan fingerprint density at radius 1 is 0.805 bits per heavy atom. The molecule has 2 N–H and O–H groups in total. The van der Waals surface area contributed by atoms with Gasteiger partial charge in [-0.15, -0.1) is 0 Å². The number of carbonyl (C=O) groups excluding carboxylic acids is 2. The fourth-order valence-corrected chi connectivity index (χ4v) is 5.41. The molecule has 212 valence electrons. The van der Waals surface area contributed by atoms with Crippen LogP contribution in [0.25, 0.3) is 0 Å². The number of nitrogens with zero attached hydrogens (tertiary/aromatic N) is 1. The summed E-state index contributed by atoms with van der Waals surface area (Å²) in [6, 6.07) is 35.8. The van der Waals surface area contributed by atoms with E-state index in [4.69, 9.17) is 22.1 Å². The second-order valence-corrected chi connectivity index (χ2v) is 10.9. The SMILES string of the molecule is CC(N)C(C)N(C)C(=O)[C@@H](CC(=O)OC(c1ccccc1)(c1ccccc1)c1ccccc1Cl)Cc1ccccc1. The van der Waals surface area contributed by atoms with Crippen molar-refractivity contribution in [2.45, 2.75) is 44.4 Å². The van der Waals surface area contributed by atoms with Gasteiger partial charge in [-0.3, -0.25) is 9.59 Å². The zero-order chi connectivity index (χ0) is 29.4. The van der Waals surface area contributed by atoms with Gasteiger partial charge in [0.2, 0.25) is 5.91 Å². The number of halogens is 1. The van der Waals surface area contributed by atoms with E-state index in [9.17, 15) is 9.59 Å². The van der Waals surface area contributed by atoms with Gasteiger partial charge in [-0.2, -0.15) is 0 Å². The summed E-state index contributed by atoms with van der Waals surface area (Å²) >= 11 is 6.80. The summed E-state index contributed by atoms with van der Waals surface area (Å²) in [5.74, 6) is -1.31. The number of benzene rings is 4. The summed E-state index contributed by atoms with van der Waals surface area (Å²) in [5.41, 5.74) is 7.90. The van der Waals surface area contributed by atoms with Crippen molar-refractivity contribution in [3.63, 3.8) is 0 Å². The average Bonchev–Trinajstić information content (AvgIpc) is 3.00. The molecule has 4 rings (SSSR count). The second kappa shape index (κ2) is 13.6. The molecule has 0 aromatic heterocycles. The van der Waals surface area contributed by atoms with Gasteiger partial charge < -0.3 is 15.4 Å². The lowest BCUT2D eigenvalue weighted by Gasteiger charge is -2.36. The molecule has 4 aromatic rings. The Bertz CT molecular complexity index is 1390. The highest BCUT2D eigenvalue weighted by molar-refractivity contribution is 6.31. The third-order valence-electron chi connectivity index (χ3n) is 7.69. The van der Waals surface area contributed by atoms with Gasteiger partial charge >= 0.3 is 5.97 Å². The normalized spacial score (nSPS) is 13.6. The van der Waals surface area contributed by atoms with Crippen LogP contribution in [-0.2, 0) is 26.3 Å². The lowest BCUT2D eigenvalue weighted by atomic mass is 9.80. The zero-order valence-electron chi connectivity index (χ0n) is 23.7. The van der Waals surface area contributed by atoms with Crippen molar-refractivity contribution in [2.24, 2.45) is 11.7 Å². The molecule has 1 amide bonds. The minimum Gasteiger partial charge on any atom is -0.444 e. The molecular formula is C35H37ClN2O3. The van der Waals surface area contributed by atoms with Crippen LogP contribution in [0.4, 0.5) is 0 Å². The largest absolute Gasteiger partial charge is 0.444 e. The Labute approximate surface area is 247 Å². The Morgan fingerprint density at radius 3 is 1.80 bits per heavy atom. The molecule has 41 heavy (non-hydrogen) atoms. The summed E-state index contributed by atoms with van der Waals surface area (Å²) in [7, 11) is 1.74. The van der Waals surface area contributed by atoms with Gasteiger partial charge in [0.1, 0.15) is 0 Å². The highest BCUT2D eigenvalue weighted by Crippen LogP contribution is 2.43. The van der Waals surface area contributed by atoms with Gasteiger partial charge in [-0.05, 0) is 31.9 Å². The van der Waals surface area contributed by atoms with Crippen LogP contribution < -0.4 is 5.73 Å². The van der Waals surface area contributed by atoms with Crippen molar-refractivity contribution in [3.05, 3.63) is 143 Å². The molecule has 0 heterocycles. The topological polar surface area (TPSA) is 72.6 Å². The molecule has 0 aliphatic rings. The van der Waals surface area contributed by atoms with E-state index in [1.807, 2.05) is 123 Å². The van der Waals surface area contributed by atoms with Crippen molar-refractivity contribution in [2.75, 3.05) is 7.05 Å². The minimum absolute atomic E-state index is 0.115. The van der Waals surface area contributed by atoms with E-state index in [-0.39, 0.29) is 24.4 Å². The fourth-order valence-electron chi connectivity index (χ4n) is 5.14. The summed E-state index contributed by atoms with van der Waals surface area (Å²) in [5, 5.41) is 0.468. The molecule has 0 bridgehead atoms. The number of ether oxygens (including phenoxy) is 1. The lowest BCUT2D eigenvalue weighted by molar-refractivity contribution is -0.157. The van der Waals surface area contributed by atoms with Crippen LogP contribution >= 0.6 is 11.6 Å². The number of esters is 1. The van der Waals surface area contributed by atoms with Crippen LogP contribution in [-0.4, -0.2) is 35.9 Å². The van der Waals surface area contributed by atoms with Crippen molar-refractivity contribution in [1.29, 1.82) is 0 Å². The van der Waals surface area contributed by atoms with Gasteiger partial charge in [0.25, 0.3) is 0 Å². The zero-order valence-corrected chi connectivity index (χ0v) is 24.5. The summed E-state index contributed by atoms with van der Waals surface area (Å²) in [6.07, 6.45) is 0.274. The fraction of sp³-hybridized carbons (Fsp3) is 0.257. The van der Waals surface area contributed by atoms with Crippen LogP contribution in [0.15, 0.2) is 115 Å². The molecule has 0 radical (unpaired) electrons.